The van der Waals surface area contributed by atoms with Crippen molar-refractivity contribution in [2.45, 2.75) is 360 Å². The Balaban J connectivity index is 4.08. The summed E-state index contributed by atoms with van der Waals surface area (Å²) in [5.41, 5.74) is 0. The minimum atomic E-state index is -1.63. The summed E-state index contributed by atoms with van der Waals surface area (Å²) in [6.07, 6.45) is 96.6. The molecule has 0 aliphatic heterocycles. The molecule has 0 rings (SSSR count). The van der Waals surface area contributed by atoms with E-state index < -0.39 is 24.3 Å². The molecule has 9 nitrogen and oxygen atoms in total. The van der Waals surface area contributed by atoms with Crippen molar-refractivity contribution in [3.05, 3.63) is 97.2 Å². The maximum Gasteiger partial charge on any atom is 0.306 e. The molecule has 0 radical (unpaired) electrons. The molecule has 0 aromatic heterocycles. The monoisotopic (exact) mass is 1270 g/mol. The highest BCUT2D eigenvalue weighted by atomic mass is 16.7. The van der Waals surface area contributed by atoms with Crippen molar-refractivity contribution >= 4 is 17.9 Å². The van der Waals surface area contributed by atoms with Crippen molar-refractivity contribution in [1.29, 1.82) is 0 Å². The topological polar surface area (TPSA) is 111 Å². The summed E-state index contributed by atoms with van der Waals surface area (Å²) in [4.78, 5) is 37.6. The third-order valence-corrected chi connectivity index (χ3v) is 16.8. The molecule has 0 heterocycles. The van der Waals surface area contributed by atoms with Gasteiger partial charge >= 0.3 is 11.9 Å². The van der Waals surface area contributed by atoms with Gasteiger partial charge in [0.1, 0.15) is 13.2 Å². The molecule has 0 spiro atoms. The summed E-state index contributed by atoms with van der Waals surface area (Å²) in [6.45, 7) is 4.67. The van der Waals surface area contributed by atoms with E-state index in [2.05, 4.69) is 111 Å². The smallest absolute Gasteiger partial charge is 0.306 e. The summed E-state index contributed by atoms with van der Waals surface area (Å²) in [5, 5.41) is 11.8. The zero-order valence-corrected chi connectivity index (χ0v) is 60.2. The minimum absolute atomic E-state index is 0.143. The van der Waals surface area contributed by atoms with Crippen LogP contribution in [0.5, 0.6) is 0 Å². The number of esters is 2. The summed E-state index contributed by atoms with van der Waals surface area (Å²) >= 11 is 0. The number of unbranched alkanes of at least 4 members (excludes halogenated alkanes) is 40. The maximum atomic E-state index is 13.0. The quantitative estimate of drug-likeness (QED) is 0.0195. The van der Waals surface area contributed by atoms with E-state index in [1.807, 2.05) is 21.1 Å². The average Bonchev–Trinajstić information content (AvgIpc) is 3.46. The van der Waals surface area contributed by atoms with Gasteiger partial charge in [-0.25, -0.2) is 0 Å². The molecule has 91 heavy (non-hydrogen) atoms. The largest absolute Gasteiger partial charge is 0.545 e. The predicted molar refractivity (Wildman–Crippen MR) is 389 cm³/mol. The van der Waals surface area contributed by atoms with Crippen LogP contribution < -0.4 is 5.11 Å². The van der Waals surface area contributed by atoms with Crippen LogP contribution in [-0.4, -0.2) is 82.3 Å². The number of carboxylic acid groups (broad SMARTS) is 1. The molecule has 0 bridgehead atoms. The fourth-order valence-corrected chi connectivity index (χ4v) is 11.0. The molecule has 9 heteroatoms. The maximum absolute atomic E-state index is 13.0. The summed E-state index contributed by atoms with van der Waals surface area (Å²) < 4.78 is 22.8. The van der Waals surface area contributed by atoms with Crippen molar-refractivity contribution in [2.24, 2.45) is 0 Å². The van der Waals surface area contributed by atoms with Gasteiger partial charge in [-0.15, -0.1) is 0 Å². The second-order valence-corrected chi connectivity index (χ2v) is 26.9. The molecule has 2 unspecified atom stereocenters. The number of carbonyl (C=O) groups excluding carboxylic acids is 3. The number of nitrogens with zero attached hydrogens (tertiary/aromatic N) is 1. The molecule has 0 amide bonds. The van der Waals surface area contributed by atoms with Gasteiger partial charge in [0.05, 0.1) is 40.3 Å². The molecule has 0 saturated carbocycles. The van der Waals surface area contributed by atoms with E-state index in [4.69, 9.17) is 18.9 Å². The molecule has 0 fully saturated rings. The number of hydrogen-bond acceptors (Lipinski definition) is 8. The Bertz CT molecular complexity index is 1820. The van der Waals surface area contributed by atoms with Gasteiger partial charge < -0.3 is 33.3 Å². The highest BCUT2D eigenvalue weighted by Gasteiger charge is 2.22. The highest BCUT2D eigenvalue weighted by molar-refractivity contribution is 5.70. The van der Waals surface area contributed by atoms with Gasteiger partial charge in [-0.05, 0) is 77.0 Å². The van der Waals surface area contributed by atoms with Crippen LogP contribution in [0.15, 0.2) is 97.2 Å². The van der Waals surface area contributed by atoms with Crippen LogP contribution in [0.4, 0.5) is 0 Å². The molecule has 0 aromatic carbocycles. The minimum Gasteiger partial charge on any atom is -0.545 e. The Labute approximate surface area is 562 Å². The molecule has 2 atom stereocenters. The van der Waals surface area contributed by atoms with Gasteiger partial charge in [-0.2, -0.15) is 0 Å². The number of carboxylic acids is 1. The first-order chi connectivity index (χ1) is 44.6. The van der Waals surface area contributed by atoms with Gasteiger partial charge in [0.25, 0.3) is 0 Å². The first-order valence-corrected chi connectivity index (χ1v) is 38.4. The van der Waals surface area contributed by atoms with Crippen LogP contribution >= 0.6 is 0 Å². The molecule has 526 valence electrons. The third kappa shape index (κ3) is 73.5. The molecular formula is C82H145NO8. The lowest BCUT2D eigenvalue weighted by molar-refractivity contribution is -0.870. The Morgan fingerprint density at radius 2 is 0.626 bits per heavy atom. The van der Waals surface area contributed by atoms with Crippen LogP contribution in [0, 0.1) is 0 Å². The summed E-state index contributed by atoms with van der Waals surface area (Å²) in [5.74, 6) is -2.28. The van der Waals surface area contributed by atoms with Crippen molar-refractivity contribution in [3.63, 3.8) is 0 Å². The van der Waals surface area contributed by atoms with Gasteiger partial charge in [0.2, 0.25) is 0 Å². The van der Waals surface area contributed by atoms with Crippen LogP contribution in [0.2, 0.25) is 0 Å². The second kappa shape index (κ2) is 72.0. The summed E-state index contributed by atoms with van der Waals surface area (Å²) in [7, 11) is 5.93. The number of ether oxygens (including phenoxy) is 4. The average molecular weight is 1270 g/mol. The first-order valence-electron chi connectivity index (χ1n) is 38.4. The number of hydrogen-bond donors (Lipinski definition) is 0. The molecule has 0 saturated heterocycles. The number of allylic oxidation sites excluding steroid dienone is 16. The van der Waals surface area contributed by atoms with E-state index in [1.165, 1.54) is 218 Å². The Morgan fingerprint density at radius 1 is 0.341 bits per heavy atom. The molecule has 0 aliphatic carbocycles. The van der Waals surface area contributed by atoms with Crippen LogP contribution in [0.1, 0.15) is 348 Å². The van der Waals surface area contributed by atoms with Gasteiger partial charge in [-0.1, -0.05) is 355 Å². The van der Waals surface area contributed by atoms with Crippen LogP contribution in [0.3, 0.4) is 0 Å². The Hall–Kier alpha value is -3.79. The van der Waals surface area contributed by atoms with Crippen molar-refractivity contribution in [2.75, 3.05) is 47.5 Å². The molecule has 0 aromatic rings. The fourth-order valence-electron chi connectivity index (χ4n) is 11.0. The molecular weight excluding hydrogens is 1130 g/mol. The Morgan fingerprint density at radius 3 is 0.934 bits per heavy atom. The summed E-state index contributed by atoms with van der Waals surface area (Å²) in [6, 6.07) is 0. The molecule has 0 aliphatic rings. The number of aliphatic carboxylic acids is 1. The van der Waals surface area contributed by atoms with E-state index in [0.717, 1.165) is 96.3 Å². The third-order valence-electron chi connectivity index (χ3n) is 16.8. The van der Waals surface area contributed by atoms with Gasteiger partial charge in [-0.3, -0.25) is 9.59 Å². The van der Waals surface area contributed by atoms with E-state index in [9.17, 15) is 19.5 Å². The number of rotatable bonds is 71. The lowest BCUT2D eigenvalue weighted by Gasteiger charge is -2.26. The van der Waals surface area contributed by atoms with Crippen molar-refractivity contribution in [3.8, 4) is 0 Å². The lowest BCUT2D eigenvalue weighted by Crippen LogP contribution is -2.44. The Kier molecular flexibility index (Phi) is 69.0. The van der Waals surface area contributed by atoms with Gasteiger partial charge in [0.15, 0.2) is 12.4 Å². The van der Waals surface area contributed by atoms with Crippen LogP contribution in [-0.2, 0) is 33.3 Å². The predicted octanol–water partition coefficient (Wildman–Crippen LogP) is 23.0. The van der Waals surface area contributed by atoms with Gasteiger partial charge in [0, 0.05) is 12.8 Å². The van der Waals surface area contributed by atoms with E-state index in [1.54, 1.807) is 0 Å². The van der Waals surface area contributed by atoms with Crippen LogP contribution in [0.25, 0.3) is 0 Å². The molecule has 0 N–H and O–H groups in total. The van der Waals surface area contributed by atoms with Crippen molar-refractivity contribution < 1.29 is 42.9 Å². The zero-order chi connectivity index (χ0) is 66.1. The first kappa shape index (κ1) is 87.2. The normalized spacial score (nSPS) is 13.2. The standard InChI is InChI=1S/C82H145NO8/c1-6-8-10-12-14-16-18-20-22-24-26-28-30-32-34-36-38-40-42-44-46-48-50-52-54-56-58-60-62-64-66-68-70-72-79(84)89-76-78(77-90-82(81(86)87)88-75-74-83(3,4)5)91-80(85)73-71-69-67-65-63-61-59-57-55-53-51-49-47-45-43-41-39-37-35-33-31-29-27-25-23-21-19-17-15-13-11-9-7-2/h9,11,15,17,21,23,27,29,33,35,39,41,45,47,51,53,78,82H,6-8,10,12-14,16,18-20,22,24-26,28,30-32,34,36-38,40,42-44,46,48-50,52,54-77H2,1-5H3/b11-9-,17-15-,23-21-,29-27-,35-33-,41-39-,47-45-,53-51-. The van der Waals surface area contributed by atoms with Crippen molar-refractivity contribution in [1.82, 2.24) is 0 Å². The zero-order valence-electron chi connectivity index (χ0n) is 60.2. The van der Waals surface area contributed by atoms with E-state index >= 15 is 0 Å². The number of carbonyl (C=O) groups is 3. The second-order valence-electron chi connectivity index (χ2n) is 26.9. The number of quaternary nitrogens is 1. The highest BCUT2D eigenvalue weighted by Crippen LogP contribution is 2.19. The SMILES string of the molecule is CC/C=C\C/C=C\C/C=C\C/C=C\C/C=C\C/C=C\C/C=C\C/C=C\CCCCCCCCCCC(=O)OC(COC(=O)CCCCCCCCCCCCCCCCCCCCCCCCCCCCCCCCCCC)COC(OCC[N+](C)(C)C)C(=O)[O-]. The fraction of sp³-hybridized carbons (Fsp3) is 0.768. The van der Waals surface area contributed by atoms with E-state index in [0.29, 0.717) is 23.9 Å². The lowest BCUT2D eigenvalue weighted by atomic mass is 10.0. The number of likely N-dealkylation sites (N-methyl/N-ethyl adjacent to an activating group) is 1. The van der Waals surface area contributed by atoms with E-state index in [-0.39, 0.29) is 32.2 Å².